The first-order valence-corrected chi connectivity index (χ1v) is 7.91. The smallest absolute Gasteiger partial charge is 0.0309 e. The molecule has 2 fully saturated rings. The van der Waals surface area contributed by atoms with E-state index in [0.29, 0.717) is 11.1 Å². The Morgan fingerprint density at radius 1 is 1.17 bits per heavy atom. The number of hydrogen-bond acceptors (Lipinski definition) is 2. The molecule has 0 aromatic rings. The van der Waals surface area contributed by atoms with Crippen LogP contribution in [0.5, 0.6) is 0 Å². The molecule has 0 amide bonds. The number of hydrogen-bond donors (Lipinski definition) is 1. The summed E-state index contributed by atoms with van der Waals surface area (Å²) in [5.41, 5.74) is 0.693. The zero-order chi connectivity index (χ0) is 13.4. The Bertz CT molecular complexity index is 279. The first-order valence-electron chi connectivity index (χ1n) is 7.91. The maximum Gasteiger partial charge on any atom is 0.0309 e. The van der Waals surface area contributed by atoms with Crippen LogP contribution in [0.1, 0.15) is 60.3 Å². The molecular weight excluding hydrogens is 220 g/mol. The first kappa shape index (κ1) is 14.3. The standard InChI is InChI=1S/C16H32N2/c1-6-13(7-2)10-18-12-16(5,14-8-9-14)17-11-15(18,3)4/h13-14,17H,6-12H2,1-5H3. The molecule has 1 unspecified atom stereocenters. The van der Waals surface area contributed by atoms with Crippen LogP contribution in [-0.4, -0.2) is 35.6 Å². The van der Waals surface area contributed by atoms with E-state index in [-0.39, 0.29) is 0 Å². The monoisotopic (exact) mass is 252 g/mol. The minimum Gasteiger partial charge on any atom is -0.308 e. The quantitative estimate of drug-likeness (QED) is 0.808. The van der Waals surface area contributed by atoms with E-state index in [2.05, 4.69) is 44.8 Å². The van der Waals surface area contributed by atoms with Crippen molar-refractivity contribution in [2.24, 2.45) is 11.8 Å². The highest BCUT2D eigenvalue weighted by Gasteiger charge is 2.48. The molecule has 1 saturated carbocycles. The lowest BCUT2D eigenvalue weighted by atomic mass is 9.85. The van der Waals surface area contributed by atoms with E-state index in [1.807, 2.05) is 0 Å². The molecule has 1 atom stereocenters. The molecule has 106 valence electrons. The van der Waals surface area contributed by atoms with Gasteiger partial charge in [0.2, 0.25) is 0 Å². The summed E-state index contributed by atoms with van der Waals surface area (Å²) >= 11 is 0. The van der Waals surface area contributed by atoms with E-state index in [1.165, 1.54) is 38.8 Å². The van der Waals surface area contributed by atoms with Crippen molar-refractivity contribution in [3.63, 3.8) is 0 Å². The third-order valence-electron chi connectivity index (χ3n) is 5.41. The highest BCUT2D eigenvalue weighted by molar-refractivity contribution is 5.06. The van der Waals surface area contributed by atoms with Crippen molar-refractivity contribution in [1.82, 2.24) is 10.2 Å². The van der Waals surface area contributed by atoms with Gasteiger partial charge in [0, 0.05) is 30.7 Å². The first-order chi connectivity index (χ1) is 8.41. The van der Waals surface area contributed by atoms with Crippen LogP contribution in [0.15, 0.2) is 0 Å². The van der Waals surface area contributed by atoms with Gasteiger partial charge >= 0.3 is 0 Å². The molecule has 1 saturated heterocycles. The van der Waals surface area contributed by atoms with Crippen LogP contribution in [-0.2, 0) is 0 Å². The minimum absolute atomic E-state index is 0.316. The van der Waals surface area contributed by atoms with Crippen molar-refractivity contribution in [1.29, 1.82) is 0 Å². The van der Waals surface area contributed by atoms with Crippen LogP contribution >= 0.6 is 0 Å². The summed E-state index contributed by atoms with van der Waals surface area (Å²) in [5, 5.41) is 3.85. The molecule has 0 radical (unpaired) electrons. The van der Waals surface area contributed by atoms with E-state index in [0.717, 1.165) is 18.4 Å². The number of nitrogens with one attached hydrogen (secondary N) is 1. The Hall–Kier alpha value is -0.0800. The third kappa shape index (κ3) is 2.91. The highest BCUT2D eigenvalue weighted by Crippen LogP contribution is 2.42. The van der Waals surface area contributed by atoms with Gasteiger partial charge in [0.25, 0.3) is 0 Å². The number of piperazine rings is 1. The van der Waals surface area contributed by atoms with Crippen LogP contribution in [0.25, 0.3) is 0 Å². The Morgan fingerprint density at radius 3 is 2.28 bits per heavy atom. The SMILES string of the molecule is CCC(CC)CN1CC(C)(C2CC2)NCC1(C)C. The highest BCUT2D eigenvalue weighted by atomic mass is 15.3. The van der Waals surface area contributed by atoms with Gasteiger partial charge in [-0.2, -0.15) is 0 Å². The molecule has 2 nitrogen and oxygen atoms in total. The van der Waals surface area contributed by atoms with Crippen molar-refractivity contribution >= 4 is 0 Å². The van der Waals surface area contributed by atoms with E-state index in [1.54, 1.807) is 0 Å². The van der Waals surface area contributed by atoms with Crippen molar-refractivity contribution < 1.29 is 0 Å². The molecular formula is C16H32N2. The maximum atomic E-state index is 3.85. The molecule has 2 rings (SSSR count). The second-order valence-electron chi connectivity index (χ2n) is 7.42. The molecule has 1 N–H and O–H groups in total. The van der Waals surface area contributed by atoms with Crippen molar-refractivity contribution in [2.75, 3.05) is 19.6 Å². The van der Waals surface area contributed by atoms with Crippen LogP contribution in [0.3, 0.4) is 0 Å². The summed E-state index contributed by atoms with van der Waals surface area (Å²) in [6, 6.07) is 0. The number of nitrogens with zero attached hydrogens (tertiary/aromatic N) is 1. The van der Waals surface area contributed by atoms with E-state index in [9.17, 15) is 0 Å². The fourth-order valence-electron chi connectivity index (χ4n) is 3.36. The van der Waals surface area contributed by atoms with Gasteiger partial charge in [-0.1, -0.05) is 26.7 Å². The Labute approximate surface area is 114 Å². The van der Waals surface area contributed by atoms with Crippen molar-refractivity contribution in [2.45, 2.75) is 71.4 Å². The fourth-order valence-corrected chi connectivity index (χ4v) is 3.36. The molecule has 0 spiro atoms. The number of rotatable bonds is 5. The second kappa shape index (κ2) is 5.13. The van der Waals surface area contributed by atoms with Crippen molar-refractivity contribution in [3.05, 3.63) is 0 Å². The zero-order valence-corrected chi connectivity index (χ0v) is 13.1. The van der Waals surface area contributed by atoms with E-state index in [4.69, 9.17) is 0 Å². The summed E-state index contributed by atoms with van der Waals surface area (Å²) < 4.78 is 0. The van der Waals surface area contributed by atoms with Gasteiger partial charge < -0.3 is 5.32 Å². The lowest BCUT2D eigenvalue weighted by Crippen LogP contribution is -2.68. The van der Waals surface area contributed by atoms with E-state index >= 15 is 0 Å². The molecule has 2 aliphatic rings. The zero-order valence-electron chi connectivity index (χ0n) is 13.1. The third-order valence-corrected chi connectivity index (χ3v) is 5.41. The maximum absolute atomic E-state index is 3.85. The second-order valence-corrected chi connectivity index (χ2v) is 7.42. The molecule has 1 aliphatic carbocycles. The Morgan fingerprint density at radius 2 is 1.78 bits per heavy atom. The van der Waals surface area contributed by atoms with Gasteiger partial charge in [0.15, 0.2) is 0 Å². The van der Waals surface area contributed by atoms with Gasteiger partial charge in [0.05, 0.1) is 0 Å². The van der Waals surface area contributed by atoms with Gasteiger partial charge in [-0.15, -0.1) is 0 Å². The Kier molecular flexibility index (Phi) is 4.08. The molecule has 0 aromatic heterocycles. The van der Waals surface area contributed by atoms with Gasteiger partial charge in [-0.25, -0.2) is 0 Å². The normalized spacial score (nSPS) is 33.0. The van der Waals surface area contributed by atoms with Gasteiger partial charge in [0.1, 0.15) is 0 Å². The average Bonchev–Trinajstić information content (AvgIpc) is 3.15. The Balaban J connectivity index is 2.03. The van der Waals surface area contributed by atoms with E-state index < -0.39 is 0 Å². The molecule has 0 aromatic carbocycles. The van der Waals surface area contributed by atoms with Crippen molar-refractivity contribution in [3.8, 4) is 0 Å². The van der Waals surface area contributed by atoms with Gasteiger partial charge in [-0.05, 0) is 45.4 Å². The lowest BCUT2D eigenvalue weighted by Gasteiger charge is -2.52. The van der Waals surface area contributed by atoms with Crippen LogP contribution in [0.4, 0.5) is 0 Å². The van der Waals surface area contributed by atoms with Crippen LogP contribution < -0.4 is 5.32 Å². The predicted molar refractivity (Wildman–Crippen MR) is 78.9 cm³/mol. The predicted octanol–water partition coefficient (Wildman–Crippen LogP) is 3.28. The van der Waals surface area contributed by atoms with Crippen LogP contribution in [0, 0.1) is 11.8 Å². The minimum atomic E-state index is 0.316. The largest absolute Gasteiger partial charge is 0.308 e. The molecule has 18 heavy (non-hydrogen) atoms. The average molecular weight is 252 g/mol. The van der Waals surface area contributed by atoms with Crippen LogP contribution in [0.2, 0.25) is 0 Å². The molecule has 1 heterocycles. The lowest BCUT2D eigenvalue weighted by molar-refractivity contribution is 0.0117. The molecule has 1 aliphatic heterocycles. The van der Waals surface area contributed by atoms with Gasteiger partial charge in [-0.3, -0.25) is 4.90 Å². The summed E-state index contributed by atoms with van der Waals surface area (Å²) in [4.78, 5) is 2.76. The topological polar surface area (TPSA) is 15.3 Å². The molecule has 2 heteroatoms. The summed E-state index contributed by atoms with van der Waals surface area (Å²) in [6.45, 7) is 15.6. The fraction of sp³-hybridized carbons (Fsp3) is 1.00. The molecule has 0 bridgehead atoms. The summed E-state index contributed by atoms with van der Waals surface area (Å²) in [7, 11) is 0. The summed E-state index contributed by atoms with van der Waals surface area (Å²) in [6.07, 6.45) is 5.50. The summed E-state index contributed by atoms with van der Waals surface area (Å²) in [5.74, 6) is 1.80.